The molecule has 0 radical (unpaired) electrons. The summed E-state index contributed by atoms with van der Waals surface area (Å²) >= 11 is 0.816. The summed E-state index contributed by atoms with van der Waals surface area (Å²) < 4.78 is 10.7. The molecule has 2 saturated heterocycles. The van der Waals surface area contributed by atoms with E-state index in [0.717, 1.165) is 35.1 Å². The van der Waals surface area contributed by atoms with E-state index in [4.69, 9.17) is 15.9 Å². The second-order valence-corrected chi connectivity index (χ2v) is 7.26. The van der Waals surface area contributed by atoms with Gasteiger partial charge in [-0.2, -0.15) is 0 Å². The van der Waals surface area contributed by atoms with E-state index in [9.17, 15) is 14.4 Å². The lowest BCUT2D eigenvalue weighted by atomic mass is 10.2. The Morgan fingerprint density at radius 1 is 1.39 bits per heavy atom. The van der Waals surface area contributed by atoms with Crippen LogP contribution in [0.2, 0.25) is 0 Å². The summed E-state index contributed by atoms with van der Waals surface area (Å²) in [5.41, 5.74) is 0.737. The Kier molecular flexibility index (Phi) is 6.74. The molecule has 146 valence electrons. The van der Waals surface area contributed by atoms with Crippen molar-refractivity contribution in [2.45, 2.75) is 18.9 Å². The van der Waals surface area contributed by atoms with Crippen LogP contribution in [-0.2, 0) is 14.3 Å². The second kappa shape index (κ2) is 9.44. The number of rotatable bonds is 7. The highest BCUT2D eigenvalue weighted by Gasteiger charge is 2.36. The molecule has 3 rings (SSSR count). The molecule has 7 nitrogen and oxygen atoms in total. The second-order valence-electron chi connectivity index (χ2n) is 6.27. The Bertz CT molecular complexity index is 822. The largest absolute Gasteiger partial charge is 0.481 e. The Morgan fingerprint density at radius 2 is 2.18 bits per heavy atom. The predicted molar refractivity (Wildman–Crippen MR) is 105 cm³/mol. The first-order chi connectivity index (χ1) is 13.6. The van der Waals surface area contributed by atoms with Crippen LogP contribution in [0, 0.1) is 12.3 Å². The Hall–Kier alpha value is -2.76. The Morgan fingerprint density at radius 3 is 2.86 bits per heavy atom. The lowest BCUT2D eigenvalue weighted by Gasteiger charge is -2.14. The van der Waals surface area contributed by atoms with Crippen molar-refractivity contribution < 1.29 is 23.9 Å². The normalized spacial score (nSPS) is 20.5. The van der Waals surface area contributed by atoms with Crippen LogP contribution in [0.1, 0.15) is 18.4 Å². The first-order valence-electron chi connectivity index (χ1n) is 8.87. The zero-order valence-electron chi connectivity index (χ0n) is 15.2. The van der Waals surface area contributed by atoms with Crippen LogP contribution in [0.3, 0.4) is 0 Å². The number of terminal acetylenes is 1. The lowest BCUT2D eigenvalue weighted by molar-refractivity contribution is -0.129. The molecular formula is C20H20N2O5S. The van der Waals surface area contributed by atoms with E-state index in [0.29, 0.717) is 18.9 Å². The highest BCUT2D eigenvalue weighted by Crippen LogP contribution is 2.32. The first-order valence-corrected chi connectivity index (χ1v) is 9.68. The molecule has 1 N–H and O–H groups in total. The van der Waals surface area contributed by atoms with Crippen molar-refractivity contribution in [2.75, 3.05) is 26.3 Å². The zero-order chi connectivity index (χ0) is 19.9. The van der Waals surface area contributed by atoms with E-state index in [1.54, 1.807) is 30.3 Å². The van der Waals surface area contributed by atoms with Gasteiger partial charge in [-0.05, 0) is 48.4 Å². The van der Waals surface area contributed by atoms with Crippen molar-refractivity contribution in [3.63, 3.8) is 0 Å². The van der Waals surface area contributed by atoms with Crippen LogP contribution >= 0.6 is 11.8 Å². The highest BCUT2D eigenvalue weighted by molar-refractivity contribution is 8.18. The molecule has 0 saturated carbocycles. The average molecular weight is 400 g/mol. The maximum absolute atomic E-state index is 12.5. The van der Waals surface area contributed by atoms with E-state index >= 15 is 0 Å². The van der Waals surface area contributed by atoms with Crippen molar-refractivity contribution in [3.8, 4) is 18.1 Å². The average Bonchev–Trinajstić information content (AvgIpc) is 3.30. The van der Waals surface area contributed by atoms with Gasteiger partial charge in [0.15, 0.2) is 0 Å². The maximum Gasteiger partial charge on any atom is 0.294 e. The van der Waals surface area contributed by atoms with Gasteiger partial charge < -0.3 is 14.8 Å². The van der Waals surface area contributed by atoms with E-state index in [1.165, 1.54) is 0 Å². The smallest absolute Gasteiger partial charge is 0.294 e. The van der Waals surface area contributed by atoms with Gasteiger partial charge in [0.05, 0.1) is 11.0 Å². The van der Waals surface area contributed by atoms with Gasteiger partial charge in [-0.15, -0.1) is 6.42 Å². The molecule has 0 aromatic heterocycles. The molecule has 0 aliphatic carbocycles. The lowest BCUT2D eigenvalue weighted by Crippen LogP contribution is -2.41. The van der Waals surface area contributed by atoms with Gasteiger partial charge in [0.25, 0.3) is 11.1 Å². The molecule has 8 heteroatoms. The van der Waals surface area contributed by atoms with Crippen LogP contribution in [0.25, 0.3) is 6.08 Å². The summed E-state index contributed by atoms with van der Waals surface area (Å²) in [6.45, 7) is 0.963. The number of nitrogens with zero attached hydrogens (tertiary/aromatic N) is 1. The van der Waals surface area contributed by atoms with Crippen LogP contribution in [0.15, 0.2) is 29.2 Å². The third-order valence-corrected chi connectivity index (χ3v) is 5.13. The predicted octanol–water partition coefficient (Wildman–Crippen LogP) is 2.03. The summed E-state index contributed by atoms with van der Waals surface area (Å²) in [5, 5.41) is 2.25. The Balaban J connectivity index is 1.57. The minimum absolute atomic E-state index is 0.00588. The van der Waals surface area contributed by atoms with E-state index in [2.05, 4.69) is 11.2 Å². The number of nitrogens with one attached hydrogen (secondary N) is 1. The number of ether oxygens (including phenoxy) is 2. The molecule has 3 amide bonds. The number of imide groups is 1. The van der Waals surface area contributed by atoms with Crippen molar-refractivity contribution in [3.05, 3.63) is 34.7 Å². The number of benzene rings is 1. The highest BCUT2D eigenvalue weighted by atomic mass is 32.2. The summed E-state index contributed by atoms with van der Waals surface area (Å²) in [5.74, 6) is 2.14. The molecule has 1 atom stereocenters. The zero-order valence-corrected chi connectivity index (χ0v) is 16.0. The van der Waals surface area contributed by atoms with Crippen molar-refractivity contribution >= 4 is 34.9 Å². The van der Waals surface area contributed by atoms with Gasteiger partial charge in [-0.1, -0.05) is 18.1 Å². The number of carbonyl (C=O) groups is 3. The third kappa shape index (κ3) is 5.15. The number of hydrogen-bond acceptors (Lipinski definition) is 6. The van der Waals surface area contributed by atoms with Gasteiger partial charge in [-0.25, -0.2) is 0 Å². The molecule has 1 aromatic rings. The van der Waals surface area contributed by atoms with Gasteiger partial charge in [0, 0.05) is 13.2 Å². The monoisotopic (exact) mass is 400 g/mol. The van der Waals surface area contributed by atoms with Crippen molar-refractivity contribution in [1.29, 1.82) is 0 Å². The fourth-order valence-electron chi connectivity index (χ4n) is 2.81. The fourth-order valence-corrected chi connectivity index (χ4v) is 3.64. The molecule has 2 aliphatic heterocycles. The molecule has 0 bridgehead atoms. The quantitative estimate of drug-likeness (QED) is 0.557. The molecule has 2 aliphatic rings. The molecule has 1 aromatic carbocycles. The molecular weight excluding hydrogens is 380 g/mol. The molecule has 28 heavy (non-hydrogen) atoms. The standard InChI is InChI=1S/C20H20N2O5S/c1-2-9-26-15-7-5-14(6-8-15)11-17-19(24)22(20(25)28-17)13-18(23)21-12-16-4-3-10-27-16/h1,5-8,11,16H,3-4,9-10,12-13H2,(H,21,23)/b17-11-/t16-/m1/s1. The van der Waals surface area contributed by atoms with Gasteiger partial charge in [0.2, 0.25) is 5.91 Å². The number of carbonyl (C=O) groups excluding carboxylic acids is 3. The molecule has 2 fully saturated rings. The summed E-state index contributed by atoms with van der Waals surface area (Å²) in [7, 11) is 0. The van der Waals surface area contributed by atoms with E-state index in [1.807, 2.05) is 0 Å². The van der Waals surface area contributed by atoms with Gasteiger partial charge in [0.1, 0.15) is 18.9 Å². The summed E-state index contributed by atoms with van der Waals surface area (Å²) in [4.78, 5) is 37.9. The van der Waals surface area contributed by atoms with Crippen molar-refractivity contribution in [1.82, 2.24) is 10.2 Å². The SMILES string of the molecule is C#CCOc1ccc(/C=C2\SC(=O)N(CC(=O)NC[C@H]3CCCO3)C2=O)cc1. The summed E-state index contributed by atoms with van der Waals surface area (Å²) in [6.07, 6.45) is 8.64. The molecule has 0 spiro atoms. The maximum atomic E-state index is 12.5. The van der Waals surface area contributed by atoms with Crippen LogP contribution < -0.4 is 10.1 Å². The van der Waals surface area contributed by atoms with Gasteiger partial charge in [-0.3, -0.25) is 19.3 Å². The van der Waals surface area contributed by atoms with E-state index < -0.39 is 11.1 Å². The topological polar surface area (TPSA) is 84.9 Å². The van der Waals surface area contributed by atoms with E-state index in [-0.39, 0.29) is 30.1 Å². The minimum atomic E-state index is -0.477. The number of thioether (sulfide) groups is 1. The van der Waals surface area contributed by atoms with Crippen LogP contribution in [0.4, 0.5) is 4.79 Å². The van der Waals surface area contributed by atoms with Gasteiger partial charge >= 0.3 is 0 Å². The molecule has 0 unspecified atom stereocenters. The minimum Gasteiger partial charge on any atom is -0.481 e. The Labute approximate surface area is 167 Å². The van der Waals surface area contributed by atoms with Crippen LogP contribution in [-0.4, -0.2) is 54.4 Å². The van der Waals surface area contributed by atoms with Crippen LogP contribution in [0.5, 0.6) is 5.75 Å². The summed E-state index contributed by atoms with van der Waals surface area (Å²) in [6, 6.07) is 6.97. The third-order valence-electron chi connectivity index (χ3n) is 4.23. The van der Waals surface area contributed by atoms with Crippen molar-refractivity contribution in [2.24, 2.45) is 0 Å². The number of amides is 3. The number of hydrogen-bond donors (Lipinski definition) is 1. The molecule has 2 heterocycles. The fraction of sp³-hybridized carbons (Fsp3) is 0.350. The first kappa shape index (κ1) is 20.0.